The van der Waals surface area contributed by atoms with Gasteiger partial charge in [0.1, 0.15) is 0 Å². The van der Waals surface area contributed by atoms with Crippen LogP contribution in [0.4, 0.5) is 0 Å². The predicted octanol–water partition coefficient (Wildman–Crippen LogP) is 8.00. The van der Waals surface area contributed by atoms with Gasteiger partial charge in [-0.05, 0) is 137 Å². The van der Waals surface area contributed by atoms with Crippen molar-refractivity contribution in [1.29, 1.82) is 0 Å². The summed E-state index contributed by atoms with van der Waals surface area (Å²) in [5.74, 6) is 4.18. The van der Waals surface area contributed by atoms with Crippen molar-refractivity contribution in [3.8, 4) is 0 Å². The Morgan fingerprint density at radius 3 is 1.12 bits per heavy atom. The van der Waals surface area contributed by atoms with Gasteiger partial charge >= 0.3 is 0 Å². The summed E-state index contributed by atoms with van der Waals surface area (Å²) in [7, 11) is 0. The molecular weight excluding hydrogens is 412 g/mol. The highest BCUT2D eigenvalue weighted by atomic mass is 15.0. The lowest BCUT2D eigenvalue weighted by molar-refractivity contribution is -0.0721. The zero-order valence-electron chi connectivity index (χ0n) is 22.9. The van der Waals surface area contributed by atoms with Crippen LogP contribution >= 0.6 is 0 Å². The summed E-state index contributed by atoms with van der Waals surface area (Å²) in [4.78, 5) is 0. The topological polar surface area (TPSA) is 24.1 Å². The molecule has 8 aliphatic carbocycles. The number of hydrogen-bond donors (Lipinski definition) is 2. The van der Waals surface area contributed by atoms with E-state index in [1.807, 2.05) is 0 Å². The zero-order chi connectivity index (χ0) is 23.3. The van der Waals surface area contributed by atoms with Gasteiger partial charge in [0.2, 0.25) is 0 Å². The van der Waals surface area contributed by atoms with Gasteiger partial charge in [-0.15, -0.1) is 0 Å². The van der Waals surface area contributed by atoms with Gasteiger partial charge in [0.25, 0.3) is 0 Å². The normalized spacial score (nSPS) is 48.2. The maximum atomic E-state index is 4.12. The molecule has 194 valence electrons. The highest BCUT2D eigenvalue weighted by Gasteiger charge is 2.56. The summed E-state index contributed by atoms with van der Waals surface area (Å²) in [6.07, 6.45) is 29.7. The Morgan fingerprint density at radius 2 is 0.794 bits per heavy atom. The van der Waals surface area contributed by atoms with Crippen molar-refractivity contribution < 1.29 is 0 Å². The lowest BCUT2D eigenvalue weighted by Gasteiger charge is -2.61. The molecule has 0 aromatic heterocycles. The first-order chi connectivity index (χ1) is 16.3. The van der Waals surface area contributed by atoms with Crippen LogP contribution in [-0.2, 0) is 0 Å². The quantitative estimate of drug-likeness (QED) is 0.267. The van der Waals surface area contributed by atoms with Gasteiger partial charge in [0.15, 0.2) is 0 Å². The minimum absolute atomic E-state index is 0.542. The van der Waals surface area contributed by atoms with E-state index in [1.54, 1.807) is 12.8 Å². The molecule has 4 atom stereocenters. The molecule has 8 saturated carbocycles. The van der Waals surface area contributed by atoms with Gasteiger partial charge in [-0.3, -0.25) is 0 Å². The van der Waals surface area contributed by atoms with Crippen LogP contribution in [-0.4, -0.2) is 24.2 Å². The van der Waals surface area contributed by atoms with E-state index >= 15 is 0 Å². The fourth-order valence-electron chi connectivity index (χ4n) is 11.9. The zero-order valence-corrected chi connectivity index (χ0v) is 22.9. The van der Waals surface area contributed by atoms with E-state index in [9.17, 15) is 0 Å². The van der Waals surface area contributed by atoms with Crippen LogP contribution in [0.5, 0.6) is 0 Å². The summed E-state index contributed by atoms with van der Waals surface area (Å²) in [6.45, 7) is 7.76. The van der Waals surface area contributed by atoms with E-state index in [0.29, 0.717) is 21.9 Å². The molecule has 2 heteroatoms. The first-order valence-electron chi connectivity index (χ1n) is 15.8. The van der Waals surface area contributed by atoms with E-state index in [-0.39, 0.29) is 0 Å². The van der Waals surface area contributed by atoms with Gasteiger partial charge < -0.3 is 10.6 Å². The van der Waals surface area contributed by atoms with E-state index < -0.39 is 0 Å². The Bertz CT molecular complexity index is 624. The molecule has 8 aliphatic rings. The van der Waals surface area contributed by atoms with Crippen molar-refractivity contribution in [1.82, 2.24) is 10.6 Å². The van der Waals surface area contributed by atoms with Crippen LogP contribution in [0.3, 0.4) is 0 Å². The monoisotopic (exact) mass is 468 g/mol. The molecular formula is C32H56N2. The maximum absolute atomic E-state index is 4.12. The first kappa shape index (κ1) is 24.3. The third kappa shape index (κ3) is 5.16. The number of unbranched alkanes of at least 4 members (excludes halogenated alkanes) is 7. The van der Waals surface area contributed by atoms with Crippen LogP contribution in [0, 0.1) is 34.5 Å². The second-order valence-corrected chi connectivity index (χ2v) is 15.8. The second kappa shape index (κ2) is 9.34. The SMILES string of the molecule is CC12CC3CC(C1)CC(NCCCCCCCCCCNC14CC5CC(CC(C)(C5)C1)C4)(C3)C2. The molecule has 2 nitrogen and oxygen atoms in total. The van der Waals surface area contributed by atoms with E-state index in [2.05, 4.69) is 24.5 Å². The van der Waals surface area contributed by atoms with Crippen molar-refractivity contribution in [3.05, 3.63) is 0 Å². The molecule has 0 aromatic carbocycles. The van der Waals surface area contributed by atoms with Gasteiger partial charge in [0.05, 0.1) is 0 Å². The van der Waals surface area contributed by atoms with E-state index in [4.69, 9.17) is 0 Å². The van der Waals surface area contributed by atoms with Gasteiger partial charge in [-0.25, -0.2) is 0 Å². The minimum Gasteiger partial charge on any atom is -0.311 e. The Morgan fingerprint density at radius 1 is 0.471 bits per heavy atom. The summed E-state index contributed by atoms with van der Waals surface area (Å²) in [6, 6.07) is 0. The predicted molar refractivity (Wildman–Crippen MR) is 144 cm³/mol. The molecule has 0 aromatic rings. The lowest BCUT2D eigenvalue weighted by Crippen LogP contribution is -2.61. The Hall–Kier alpha value is -0.0800. The summed E-state index contributed by atoms with van der Waals surface area (Å²) >= 11 is 0. The molecule has 0 aliphatic heterocycles. The largest absolute Gasteiger partial charge is 0.311 e. The fraction of sp³-hybridized carbons (Fsp3) is 1.00. The van der Waals surface area contributed by atoms with E-state index in [1.165, 1.54) is 129 Å². The average molecular weight is 469 g/mol. The van der Waals surface area contributed by atoms with Crippen molar-refractivity contribution in [2.24, 2.45) is 34.5 Å². The van der Waals surface area contributed by atoms with Crippen molar-refractivity contribution >= 4 is 0 Å². The third-order valence-corrected chi connectivity index (χ3v) is 11.8. The molecule has 8 rings (SSSR count). The summed E-state index contributed by atoms with van der Waals surface area (Å²) < 4.78 is 0. The fourth-order valence-corrected chi connectivity index (χ4v) is 11.9. The molecule has 2 N–H and O–H groups in total. The lowest BCUT2D eigenvalue weighted by atomic mass is 9.47. The second-order valence-electron chi connectivity index (χ2n) is 15.8. The molecule has 0 heterocycles. The smallest absolute Gasteiger partial charge is 0.0192 e. The molecule has 0 saturated heterocycles. The van der Waals surface area contributed by atoms with Crippen LogP contribution in [0.1, 0.15) is 142 Å². The number of nitrogens with one attached hydrogen (secondary N) is 2. The van der Waals surface area contributed by atoms with Crippen LogP contribution in [0.25, 0.3) is 0 Å². The molecule has 0 amide bonds. The highest BCUT2D eigenvalue weighted by molar-refractivity contribution is 5.11. The summed E-state index contributed by atoms with van der Waals surface area (Å²) in [5.41, 5.74) is 2.45. The summed E-state index contributed by atoms with van der Waals surface area (Å²) in [5, 5.41) is 8.24. The maximum Gasteiger partial charge on any atom is 0.0192 e. The number of hydrogen-bond acceptors (Lipinski definition) is 2. The Labute approximate surface area is 211 Å². The van der Waals surface area contributed by atoms with Crippen LogP contribution < -0.4 is 10.6 Å². The number of rotatable bonds is 13. The van der Waals surface area contributed by atoms with Gasteiger partial charge in [-0.2, -0.15) is 0 Å². The Balaban J connectivity index is 0.786. The van der Waals surface area contributed by atoms with Crippen LogP contribution in [0.15, 0.2) is 0 Å². The minimum atomic E-state index is 0.542. The molecule has 0 spiro atoms. The molecule has 8 fully saturated rings. The molecule has 4 unspecified atom stereocenters. The van der Waals surface area contributed by atoms with Gasteiger partial charge in [-0.1, -0.05) is 52.4 Å². The van der Waals surface area contributed by atoms with Crippen molar-refractivity contribution in [2.45, 2.75) is 153 Å². The standard InChI is InChI=1S/C32H56N2/c1-29-15-25-13-26(16-29)20-31(19-25,23-29)33-11-9-7-5-3-4-6-8-10-12-34-32-21-27-14-28(22-32)18-30(2,17-27)24-32/h25-28,33-34H,3-24H2,1-2H3. The molecule has 0 radical (unpaired) electrons. The van der Waals surface area contributed by atoms with E-state index in [0.717, 1.165) is 23.7 Å². The average Bonchev–Trinajstić information content (AvgIpc) is 2.71. The van der Waals surface area contributed by atoms with Crippen LogP contribution in [0.2, 0.25) is 0 Å². The molecule has 8 bridgehead atoms. The highest BCUT2D eigenvalue weighted by Crippen LogP contribution is 2.62. The van der Waals surface area contributed by atoms with Crippen molar-refractivity contribution in [3.63, 3.8) is 0 Å². The van der Waals surface area contributed by atoms with Crippen molar-refractivity contribution in [2.75, 3.05) is 13.1 Å². The first-order valence-corrected chi connectivity index (χ1v) is 15.8. The van der Waals surface area contributed by atoms with Gasteiger partial charge in [0, 0.05) is 11.1 Å². The Kier molecular flexibility index (Phi) is 6.67. The third-order valence-electron chi connectivity index (χ3n) is 11.8. The molecule has 34 heavy (non-hydrogen) atoms.